The Balaban J connectivity index is 1.16. The van der Waals surface area contributed by atoms with Gasteiger partial charge in [0.1, 0.15) is 0 Å². The molecule has 4 atom stereocenters. The van der Waals surface area contributed by atoms with E-state index in [0.29, 0.717) is 26.2 Å². The lowest BCUT2D eigenvalue weighted by Crippen LogP contribution is -2.50. The van der Waals surface area contributed by atoms with E-state index in [1.54, 1.807) is 0 Å². The van der Waals surface area contributed by atoms with Gasteiger partial charge in [-0.1, -0.05) is 79.7 Å². The quantitative estimate of drug-likeness (QED) is 0.236. The van der Waals surface area contributed by atoms with E-state index in [1.807, 2.05) is 60.7 Å². The first-order valence-electron chi connectivity index (χ1n) is 17.0. The average molecular weight is 659 g/mol. The number of carboxylic acids is 1. The summed E-state index contributed by atoms with van der Waals surface area (Å²) in [5.41, 5.74) is 5.82. The summed E-state index contributed by atoms with van der Waals surface area (Å²) in [6.45, 7) is 6.39. The summed E-state index contributed by atoms with van der Waals surface area (Å²) in [5.74, 6) is -1.40. The number of nitrogens with zero attached hydrogens (tertiary/aromatic N) is 1. The Bertz CT molecular complexity index is 1510. The number of aliphatic hydroxyl groups is 1. The highest BCUT2D eigenvalue weighted by Gasteiger charge is 2.43. The lowest BCUT2D eigenvalue weighted by molar-refractivity contribution is -0.278. The Morgan fingerprint density at radius 1 is 0.896 bits per heavy atom. The van der Waals surface area contributed by atoms with Crippen molar-refractivity contribution in [2.75, 3.05) is 32.8 Å². The smallest absolute Gasteiger partial charge is 0.303 e. The number of hydrogen-bond acceptors (Lipinski definition) is 8. The monoisotopic (exact) mass is 658 g/mol. The van der Waals surface area contributed by atoms with Crippen molar-refractivity contribution < 1.29 is 38.7 Å². The van der Waals surface area contributed by atoms with Gasteiger partial charge >= 0.3 is 5.97 Å². The summed E-state index contributed by atoms with van der Waals surface area (Å²) in [6, 6.07) is 24.1. The molecule has 3 aromatic carbocycles. The van der Waals surface area contributed by atoms with Crippen LogP contribution in [0, 0.1) is 5.92 Å². The van der Waals surface area contributed by atoms with Gasteiger partial charge < -0.3 is 39.4 Å². The number of hydrogen-bond donors (Lipinski definition) is 3. The van der Waals surface area contributed by atoms with Gasteiger partial charge in [0.15, 0.2) is 12.1 Å². The second-order valence-corrected chi connectivity index (χ2v) is 13.0. The number of piperidine rings is 1. The van der Waals surface area contributed by atoms with Crippen molar-refractivity contribution in [3.8, 4) is 11.1 Å². The summed E-state index contributed by atoms with van der Waals surface area (Å²) < 4.78 is 25.3. The molecule has 10 heteroatoms. The number of benzene rings is 3. The van der Waals surface area contributed by atoms with Gasteiger partial charge in [-0.25, -0.2) is 0 Å². The second-order valence-electron chi connectivity index (χ2n) is 13.0. The Hall–Kier alpha value is -3.64. The fourth-order valence-electron chi connectivity index (χ4n) is 6.90. The number of carbonyl (C=O) groups excluding carboxylic acids is 1. The number of carboxylic acid groups (broad SMARTS) is 1. The SMILES string of the molecule is C[C@@H]1[C@H](CN2CCC3(CC2)OCCO3)O[C@H](c2ccc(-c3ccccc3CNC(=O)CCCC(=O)O)cc2)O[C@@H]1c1ccc(CO)cc1. The van der Waals surface area contributed by atoms with Gasteiger partial charge in [0, 0.05) is 63.3 Å². The molecule has 3 N–H and O–H groups in total. The van der Waals surface area contributed by atoms with Crippen LogP contribution < -0.4 is 5.32 Å². The molecule has 3 aromatic rings. The van der Waals surface area contributed by atoms with Gasteiger partial charge in [-0.2, -0.15) is 0 Å². The van der Waals surface area contributed by atoms with E-state index in [1.165, 1.54) is 0 Å². The molecule has 3 saturated heterocycles. The first-order chi connectivity index (χ1) is 23.3. The molecule has 256 valence electrons. The molecule has 10 nitrogen and oxygen atoms in total. The number of likely N-dealkylation sites (tertiary alicyclic amines) is 1. The van der Waals surface area contributed by atoms with Crippen LogP contribution in [0.3, 0.4) is 0 Å². The number of aliphatic hydroxyl groups excluding tert-OH is 1. The number of amides is 1. The fourth-order valence-corrected chi connectivity index (χ4v) is 6.90. The average Bonchev–Trinajstić information content (AvgIpc) is 3.57. The minimum Gasteiger partial charge on any atom is -0.481 e. The lowest BCUT2D eigenvalue weighted by atomic mass is 9.89. The first kappa shape index (κ1) is 34.2. The summed E-state index contributed by atoms with van der Waals surface area (Å²) >= 11 is 0. The van der Waals surface area contributed by atoms with Crippen molar-refractivity contribution in [3.05, 3.63) is 95.1 Å². The summed E-state index contributed by atoms with van der Waals surface area (Å²) in [4.78, 5) is 25.5. The molecule has 0 radical (unpaired) electrons. The molecule has 0 aliphatic carbocycles. The van der Waals surface area contributed by atoms with Gasteiger partial charge in [0.2, 0.25) is 5.91 Å². The molecule has 0 aromatic heterocycles. The minimum atomic E-state index is -0.900. The summed E-state index contributed by atoms with van der Waals surface area (Å²) in [5, 5.41) is 21.4. The number of ether oxygens (including phenoxy) is 4. The Labute approximate surface area is 282 Å². The number of nitrogens with one attached hydrogen (secondary N) is 1. The Morgan fingerprint density at radius 2 is 1.58 bits per heavy atom. The van der Waals surface area contributed by atoms with Gasteiger partial charge in [-0.05, 0) is 34.2 Å². The van der Waals surface area contributed by atoms with Crippen LogP contribution in [0.4, 0.5) is 0 Å². The third-order valence-electron chi connectivity index (χ3n) is 9.77. The maximum absolute atomic E-state index is 12.3. The zero-order valence-electron chi connectivity index (χ0n) is 27.5. The maximum atomic E-state index is 12.3. The van der Waals surface area contributed by atoms with Crippen molar-refractivity contribution >= 4 is 11.9 Å². The molecule has 0 saturated carbocycles. The number of rotatable bonds is 12. The van der Waals surface area contributed by atoms with E-state index in [9.17, 15) is 14.7 Å². The highest BCUT2D eigenvalue weighted by Crippen LogP contribution is 2.43. The zero-order valence-corrected chi connectivity index (χ0v) is 27.5. The molecule has 0 unspecified atom stereocenters. The van der Waals surface area contributed by atoms with E-state index in [4.69, 9.17) is 24.1 Å². The van der Waals surface area contributed by atoms with E-state index in [-0.39, 0.29) is 43.5 Å². The number of carbonyl (C=O) groups is 2. The van der Waals surface area contributed by atoms with Crippen molar-refractivity contribution in [3.63, 3.8) is 0 Å². The molecular weight excluding hydrogens is 612 g/mol. The molecule has 3 heterocycles. The molecule has 3 aliphatic heterocycles. The first-order valence-corrected chi connectivity index (χ1v) is 17.0. The molecule has 6 rings (SSSR count). The van der Waals surface area contributed by atoms with Crippen LogP contribution >= 0.6 is 0 Å². The van der Waals surface area contributed by atoms with E-state index in [0.717, 1.165) is 65.9 Å². The second kappa shape index (κ2) is 15.7. The topological polar surface area (TPSA) is 127 Å². The molecule has 48 heavy (non-hydrogen) atoms. The third kappa shape index (κ3) is 8.31. The van der Waals surface area contributed by atoms with Crippen LogP contribution in [0.2, 0.25) is 0 Å². The van der Waals surface area contributed by atoms with Crippen LogP contribution in [-0.2, 0) is 41.7 Å². The van der Waals surface area contributed by atoms with Crippen LogP contribution in [0.15, 0.2) is 72.8 Å². The van der Waals surface area contributed by atoms with E-state index in [2.05, 4.69) is 29.3 Å². The molecular formula is C38H46N2O8. The van der Waals surface area contributed by atoms with Crippen LogP contribution in [0.25, 0.3) is 11.1 Å². The summed E-state index contributed by atoms with van der Waals surface area (Å²) in [7, 11) is 0. The van der Waals surface area contributed by atoms with E-state index < -0.39 is 18.0 Å². The van der Waals surface area contributed by atoms with Gasteiger partial charge in [-0.3, -0.25) is 9.59 Å². The molecule has 1 spiro atoms. The Morgan fingerprint density at radius 3 is 2.27 bits per heavy atom. The van der Waals surface area contributed by atoms with Gasteiger partial charge in [0.05, 0.1) is 32.0 Å². The highest BCUT2D eigenvalue weighted by molar-refractivity contribution is 5.77. The third-order valence-corrected chi connectivity index (χ3v) is 9.77. The van der Waals surface area contributed by atoms with Crippen LogP contribution in [0.1, 0.15) is 73.7 Å². The molecule has 0 bridgehead atoms. The largest absolute Gasteiger partial charge is 0.481 e. The van der Waals surface area contributed by atoms with Crippen LogP contribution in [-0.4, -0.2) is 71.7 Å². The summed E-state index contributed by atoms with van der Waals surface area (Å²) in [6.07, 6.45) is 1.31. The molecule has 3 aliphatic rings. The predicted molar refractivity (Wildman–Crippen MR) is 178 cm³/mol. The predicted octanol–water partition coefficient (Wildman–Crippen LogP) is 5.35. The maximum Gasteiger partial charge on any atom is 0.303 e. The van der Waals surface area contributed by atoms with E-state index >= 15 is 0 Å². The van der Waals surface area contributed by atoms with Crippen molar-refractivity contribution in [1.29, 1.82) is 0 Å². The molecule has 1 amide bonds. The van der Waals surface area contributed by atoms with Crippen molar-refractivity contribution in [1.82, 2.24) is 10.2 Å². The minimum absolute atomic E-state index is 0.00572. The van der Waals surface area contributed by atoms with Crippen molar-refractivity contribution in [2.45, 2.75) is 76.5 Å². The van der Waals surface area contributed by atoms with Crippen LogP contribution in [0.5, 0.6) is 0 Å². The van der Waals surface area contributed by atoms with Gasteiger partial charge in [0.25, 0.3) is 0 Å². The molecule has 3 fully saturated rings. The number of aliphatic carboxylic acids is 1. The normalized spacial score (nSPS) is 24.0. The Kier molecular flexibility index (Phi) is 11.2. The highest BCUT2D eigenvalue weighted by atomic mass is 16.7. The van der Waals surface area contributed by atoms with Gasteiger partial charge in [-0.15, -0.1) is 0 Å². The van der Waals surface area contributed by atoms with Crippen molar-refractivity contribution in [2.24, 2.45) is 5.92 Å². The fraction of sp³-hybridized carbons (Fsp3) is 0.474. The zero-order chi connectivity index (χ0) is 33.5. The standard InChI is InChI=1S/C38H46N2O8/c1-26-33(24-40-19-17-38(18-20-40)45-21-22-46-38)47-37(48-36(26)29-11-9-27(25-41)10-12-29)30-15-13-28(14-16-30)32-6-3-2-5-31(32)23-39-34(42)7-4-8-35(43)44/h2-3,5-6,9-16,26,33,36-37,41H,4,7-8,17-25H2,1H3,(H,39,42)(H,43,44)/t26-,33+,36+,37+/m1/s1. The lowest BCUT2D eigenvalue weighted by Gasteiger charge is -2.44.